The number of nitrogens with one attached hydrogen (secondary N) is 1. The maximum atomic E-state index is 5.45. The van der Waals surface area contributed by atoms with Gasteiger partial charge in [0.25, 0.3) is 0 Å². The van der Waals surface area contributed by atoms with E-state index in [0.29, 0.717) is 5.92 Å². The third-order valence-corrected chi connectivity index (χ3v) is 5.42. The van der Waals surface area contributed by atoms with Crippen LogP contribution in [0.2, 0.25) is 0 Å². The number of aromatic amines is 1. The highest BCUT2D eigenvalue weighted by atomic mass is 32.1. The molecule has 2 fully saturated rings. The third kappa shape index (κ3) is 2.25. The molecule has 0 aliphatic carbocycles. The Labute approximate surface area is 120 Å². The van der Waals surface area contributed by atoms with Gasteiger partial charge < -0.3 is 9.88 Å². The quantitative estimate of drug-likeness (QED) is 0.841. The van der Waals surface area contributed by atoms with E-state index in [4.69, 9.17) is 17.2 Å². The molecule has 3 heterocycles. The van der Waals surface area contributed by atoms with Crippen molar-refractivity contribution in [2.24, 2.45) is 0 Å². The Morgan fingerprint density at radius 3 is 2.47 bits per heavy atom. The van der Waals surface area contributed by atoms with Gasteiger partial charge in [0.15, 0.2) is 0 Å². The highest BCUT2D eigenvalue weighted by Gasteiger charge is 2.39. The summed E-state index contributed by atoms with van der Waals surface area (Å²) >= 11 is 5.45. The molecule has 3 nitrogen and oxygen atoms in total. The Morgan fingerprint density at radius 2 is 1.95 bits per heavy atom. The fourth-order valence-electron chi connectivity index (χ4n) is 3.88. The molecule has 3 rings (SSSR count). The van der Waals surface area contributed by atoms with Crippen LogP contribution in [0.3, 0.4) is 0 Å². The van der Waals surface area contributed by atoms with E-state index < -0.39 is 0 Å². The second kappa shape index (κ2) is 4.98. The van der Waals surface area contributed by atoms with Crippen molar-refractivity contribution in [2.45, 2.75) is 64.0 Å². The smallest absolute Gasteiger partial charge is 0.133 e. The number of rotatable bonds is 2. The summed E-state index contributed by atoms with van der Waals surface area (Å²) in [5, 5.41) is 0. The van der Waals surface area contributed by atoms with E-state index in [1.54, 1.807) is 0 Å². The van der Waals surface area contributed by atoms with E-state index in [1.807, 2.05) is 0 Å². The zero-order chi connectivity index (χ0) is 13.6. The molecule has 104 valence electrons. The van der Waals surface area contributed by atoms with Crippen molar-refractivity contribution in [3.05, 3.63) is 21.7 Å². The lowest BCUT2D eigenvalue weighted by Crippen LogP contribution is -2.39. The zero-order valence-electron chi connectivity index (χ0n) is 12.1. The molecule has 19 heavy (non-hydrogen) atoms. The van der Waals surface area contributed by atoms with Gasteiger partial charge in [0.1, 0.15) is 10.5 Å². The number of hydrogen-bond acceptors (Lipinski definition) is 3. The summed E-state index contributed by atoms with van der Waals surface area (Å²) in [4.78, 5) is 10.8. The van der Waals surface area contributed by atoms with Crippen molar-refractivity contribution < 1.29 is 0 Å². The van der Waals surface area contributed by atoms with Crippen molar-refractivity contribution in [1.82, 2.24) is 14.9 Å². The second-order valence-electron chi connectivity index (χ2n) is 6.10. The molecule has 1 N–H and O–H groups in total. The van der Waals surface area contributed by atoms with Crippen LogP contribution < -0.4 is 0 Å². The van der Waals surface area contributed by atoms with Crippen LogP contribution in [0, 0.1) is 11.6 Å². The van der Waals surface area contributed by atoms with E-state index >= 15 is 0 Å². The third-order valence-electron chi connectivity index (χ3n) is 5.09. The molecule has 2 unspecified atom stereocenters. The standard InChI is InChI=1S/C15H23N3S/c1-4-13-9(2)16-14(17-15(13)19)10-7-11-5-6-12(8-10)18(11)3/h10-12H,4-8H2,1-3H3,(H,16,17,19). The minimum Gasteiger partial charge on any atom is -0.347 e. The first-order chi connectivity index (χ1) is 9.10. The Kier molecular flexibility index (Phi) is 3.48. The second-order valence-corrected chi connectivity index (χ2v) is 6.49. The Morgan fingerprint density at radius 1 is 1.32 bits per heavy atom. The summed E-state index contributed by atoms with van der Waals surface area (Å²) in [5.41, 5.74) is 2.42. The van der Waals surface area contributed by atoms with Gasteiger partial charge in [-0.2, -0.15) is 0 Å². The lowest BCUT2D eigenvalue weighted by Gasteiger charge is -2.36. The number of fused-ring (bicyclic) bond motifs is 2. The van der Waals surface area contributed by atoms with Crippen LogP contribution >= 0.6 is 12.2 Å². The van der Waals surface area contributed by atoms with Gasteiger partial charge in [0.2, 0.25) is 0 Å². The van der Waals surface area contributed by atoms with Gasteiger partial charge in [0.05, 0.1) is 0 Å². The minimum atomic E-state index is 0.569. The number of hydrogen-bond donors (Lipinski definition) is 1. The van der Waals surface area contributed by atoms with Crippen LogP contribution in [-0.4, -0.2) is 34.0 Å². The molecule has 2 bridgehead atoms. The van der Waals surface area contributed by atoms with Crippen LogP contribution in [0.1, 0.15) is 55.6 Å². The molecule has 0 aromatic carbocycles. The largest absolute Gasteiger partial charge is 0.347 e. The Hall–Kier alpha value is -0.740. The fourth-order valence-corrected chi connectivity index (χ4v) is 4.27. The first kappa shape index (κ1) is 13.3. The van der Waals surface area contributed by atoms with Gasteiger partial charge in [-0.05, 0) is 46.1 Å². The highest BCUT2D eigenvalue weighted by molar-refractivity contribution is 7.71. The molecule has 0 spiro atoms. The molecular formula is C15H23N3S. The van der Waals surface area contributed by atoms with Crippen LogP contribution in [0.4, 0.5) is 0 Å². The summed E-state index contributed by atoms with van der Waals surface area (Å²) in [6, 6.07) is 1.50. The molecule has 2 aliphatic heterocycles. The predicted molar refractivity (Wildman–Crippen MR) is 80.1 cm³/mol. The first-order valence-corrected chi connectivity index (χ1v) is 7.82. The summed E-state index contributed by atoms with van der Waals surface area (Å²) < 4.78 is 0.806. The highest BCUT2D eigenvalue weighted by Crippen LogP contribution is 2.41. The van der Waals surface area contributed by atoms with Gasteiger partial charge in [0, 0.05) is 29.3 Å². The van der Waals surface area contributed by atoms with Gasteiger partial charge in [-0.25, -0.2) is 4.98 Å². The van der Waals surface area contributed by atoms with E-state index in [0.717, 1.165) is 29.0 Å². The monoisotopic (exact) mass is 277 g/mol. The van der Waals surface area contributed by atoms with Crippen LogP contribution in [0.5, 0.6) is 0 Å². The maximum absolute atomic E-state index is 5.45. The van der Waals surface area contributed by atoms with E-state index in [9.17, 15) is 0 Å². The van der Waals surface area contributed by atoms with Gasteiger partial charge in [-0.1, -0.05) is 19.1 Å². The Balaban J connectivity index is 1.90. The average Bonchev–Trinajstić information content (AvgIpc) is 2.62. The van der Waals surface area contributed by atoms with Gasteiger partial charge in [-0.15, -0.1) is 0 Å². The number of piperidine rings is 1. The number of nitrogens with zero attached hydrogens (tertiary/aromatic N) is 2. The topological polar surface area (TPSA) is 31.9 Å². The number of aryl methyl sites for hydroxylation is 1. The fraction of sp³-hybridized carbons (Fsp3) is 0.733. The summed E-state index contributed by atoms with van der Waals surface area (Å²) in [6.45, 7) is 4.27. The maximum Gasteiger partial charge on any atom is 0.133 e. The van der Waals surface area contributed by atoms with Crippen LogP contribution in [0.25, 0.3) is 0 Å². The molecule has 0 amide bonds. The molecular weight excluding hydrogens is 254 g/mol. The molecule has 0 radical (unpaired) electrons. The molecule has 2 atom stereocenters. The number of aromatic nitrogens is 2. The zero-order valence-corrected chi connectivity index (χ0v) is 12.9. The molecule has 2 aliphatic rings. The number of H-pyrrole nitrogens is 1. The summed E-state index contributed by atoms with van der Waals surface area (Å²) in [7, 11) is 2.28. The van der Waals surface area contributed by atoms with Gasteiger partial charge in [-0.3, -0.25) is 0 Å². The average molecular weight is 277 g/mol. The SMILES string of the molecule is CCc1c(C)[nH]c(C2CC3CCC(C2)N3C)nc1=S. The molecule has 0 saturated carbocycles. The van der Waals surface area contributed by atoms with Crippen molar-refractivity contribution in [2.75, 3.05) is 7.05 Å². The van der Waals surface area contributed by atoms with Gasteiger partial charge >= 0.3 is 0 Å². The summed E-state index contributed by atoms with van der Waals surface area (Å²) in [6.07, 6.45) is 6.13. The molecule has 1 aromatic rings. The predicted octanol–water partition coefficient (Wildman–Crippen LogP) is 3.35. The van der Waals surface area contributed by atoms with Crippen LogP contribution in [-0.2, 0) is 6.42 Å². The first-order valence-electron chi connectivity index (χ1n) is 7.41. The van der Waals surface area contributed by atoms with Crippen LogP contribution in [0.15, 0.2) is 0 Å². The lowest BCUT2D eigenvalue weighted by molar-refractivity contribution is 0.158. The molecule has 4 heteroatoms. The Bertz CT molecular complexity index is 523. The molecule has 1 aromatic heterocycles. The van der Waals surface area contributed by atoms with E-state index in [-0.39, 0.29) is 0 Å². The van der Waals surface area contributed by atoms with Crippen molar-refractivity contribution in [3.8, 4) is 0 Å². The lowest BCUT2D eigenvalue weighted by atomic mass is 9.90. The van der Waals surface area contributed by atoms with Crippen molar-refractivity contribution in [1.29, 1.82) is 0 Å². The van der Waals surface area contributed by atoms with E-state index in [1.165, 1.54) is 36.9 Å². The minimum absolute atomic E-state index is 0.569. The normalized spacial score (nSPS) is 30.8. The van der Waals surface area contributed by atoms with Crippen molar-refractivity contribution >= 4 is 12.2 Å². The molecule has 2 saturated heterocycles. The van der Waals surface area contributed by atoms with E-state index in [2.05, 4.69) is 30.8 Å². The summed E-state index contributed by atoms with van der Waals surface area (Å²) in [5.74, 6) is 1.70. The van der Waals surface area contributed by atoms with Crippen molar-refractivity contribution in [3.63, 3.8) is 0 Å².